The topological polar surface area (TPSA) is 17.1 Å². The highest BCUT2D eigenvalue weighted by Crippen LogP contribution is 2.70. The Labute approximate surface area is 125 Å². The van der Waals surface area contributed by atoms with Crippen LogP contribution in [0.2, 0.25) is 0 Å². The lowest BCUT2D eigenvalue weighted by Gasteiger charge is -2.64. The lowest BCUT2D eigenvalue weighted by atomic mass is 9.39. The molecule has 2 unspecified atom stereocenters. The highest BCUT2D eigenvalue weighted by Gasteiger charge is 2.62. The standard InChI is InChI=1S/C19H23FO/c1-17-7-13-8-18(2,10-17)12-19(9-13,11-17)16(21)14-4-3-5-15(20)6-14/h3-6,13H,7-12H2,1-2H3. The fourth-order valence-corrected chi connectivity index (χ4v) is 6.64. The molecule has 0 aliphatic heterocycles. The van der Waals surface area contributed by atoms with Crippen LogP contribution in [0.5, 0.6) is 0 Å². The van der Waals surface area contributed by atoms with Gasteiger partial charge >= 0.3 is 0 Å². The van der Waals surface area contributed by atoms with E-state index in [1.165, 1.54) is 31.4 Å². The zero-order valence-corrected chi connectivity index (χ0v) is 12.9. The summed E-state index contributed by atoms with van der Waals surface area (Å²) in [5.41, 5.74) is 0.981. The average molecular weight is 286 g/mol. The van der Waals surface area contributed by atoms with E-state index in [2.05, 4.69) is 13.8 Å². The van der Waals surface area contributed by atoms with Crippen LogP contribution in [-0.4, -0.2) is 5.78 Å². The molecule has 0 spiro atoms. The van der Waals surface area contributed by atoms with Gasteiger partial charge in [-0.1, -0.05) is 26.0 Å². The van der Waals surface area contributed by atoms with Crippen LogP contribution in [0.15, 0.2) is 24.3 Å². The maximum absolute atomic E-state index is 13.5. The fourth-order valence-electron chi connectivity index (χ4n) is 6.64. The molecule has 2 atom stereocenters. The van der Waals surface area contributed by atoms with Crippen molar-refractivity contribution >= 4 is 5.78 Å². The number of benzene rings is 1. The molecule has 1 aromatic carbocycles. The third-order valence-electron chi connectivity index (χ3n) is 6.19. The molecule has 0 N–H and O–H groups in total. The molecule has 1 nitrogen and oxygen atoms in total. The third-order valence-corrected chi connectivity index (χ3v) is 6.19. The van der Waals surface area contributed by atoms with Gasteiger partial charge in [-0.2, -0.15) is 0 Å². The molecule has 21 heavy (non-hydrogen) atoms. The number of hydrogen-bond acceptors (Lipinski definition) is 1. The summed E-state index contributed by atoms with van der Waals surface area (Å²) in [6.45, 7) is 4.73. The van der Waals surface area contributed by atoms with E-state index < -0.39 is 0 Å². The Kier molecular flexibility index (Phi) is 2.55. The van der Waals surface area contributed by atoms with Crippen molar-refractivity contribution in [1.82, 2.24) is 0 Å². The Hall–Kier alpha value is -1.18. The molecule has 4 fully saturated rings. The van der Waals surface area contributed by atoms with Crippen LogP contribution in [0.4, 0.5) is 4.39 Å². The van der Waals surface area contributed by atoms with Crippen molar-refractivity contribution in [3.05, 3.63) is 35.6 Å². The van der Waals surface area contributed by atoms with Crippen LogP contribution in [0.25, 0.3) is 0 Å². The van der Waals surface area contributed by atoms with Gasteiger partial charge in [0.25, 0.3) is 0 Å². The summed E-state index contributed by atoms with van der Waals surface area (Å²) in [6.07, 6.45) is 6.84. The third kappa shape index (κ3) is 1.98. The van der Waals surface area contributed by atoms with Crippen molar-refractivity contribution in [3.63, 3.8) is 0 Å². The Morgan fingerprint density at radius 2 is 1.76 bits per heavy atom. The van der Waals surface area contributed by atoms with E-state index >= 15 is 0 Å². The lowest BCUT2D eigenvalue weighted by Crippen LogP contribution is -2.57. The summed E-state index contributed by atoms with van der Waals surface area (Å²) in [6, 6.07) is 6.28. The van der Waals surface area contributed by atoms with Gasteiger partial charge in [-0.15, -0.1) is 0 Å². The highest BCUT2D eigenvalue weighted by molar-refractivity contribution is 6.01. The zero-order valence-electron chi connectivity index (χ0n) is 12.9. The number of halogens is 1. The predicted molar refractivity (Wildman–Crippen MR) is 80.6 cm³/mol. The van der Waals surface area contributed by atoms with Crippen molar-refractivity contribution < 1.29 is 9.18 Å². The van der Waals surface area contributed by atoms with Crippen molar-refractivity contribution in [3.8, 4) is 0 Å². The summed E-state index contributed by atoms with van der Waals surface area (Å²) < 4.78 is 13.5. The molecule has 5 rings (SSSR count). The van der Waals surface area contributed by atoms with Gasteiger partial charge in [0.15, 0.2) is 5.78 Å². The molecule has 1 aromatic rings. The Bertz CT molecular complexity index is 602. The first-order valence-corrected chi connectivity index (χ1v) is 8.12. The number of ketones is 1. The first-order chi connectivity index (χ1) is 9.82. The first kappa shape index (κ1) is 13.5. The van der Waals surface area contributed by atoms with Crippen LogP contribution in [0.1, 0.15) is 62.7 Å². The number of Topliss-reactive ketones (excluding diaryl/α,β-unsaturated/α-hetero) is 1. The number of carbonyl (C=O) groups excluding carboxylic acids is 1. The van der Waals surface area contributed by atoms with Gasteiger partial charge < -0.3 is 0 Å². The molecule has 0 saturated heterocycles. The van der Waals surface area contributed by atoms with Gasteiger partial charge in [0, 0.05) is 11.0 Å². The number of rotatable bonds is 2. The largest absolute Gasteiger partial charge is 0.294 e. The molecule has 2 heteroatoms. The van der Waals surface area contributed by atoms with Crippen molar-refractivity contribution in [2.45, 2.75) is 52.4 Å². The summed E-state index contributed by atoms with van der Waals surface area (Å²) in [4.78, 5) is 13.2. The van der Waals surface area contributed by atoms with E-state index in [0.717, 1.165) is 19.3 Å². The normalized spacial score (nSPS) is 44.0. The van der Waals surface area contributed by atoms with E-state index in [9.17, 15) is 9.18 Å². The minimum absolute atomic E-state index is 0.198. The Morgan fingerprint density at radius 1 is 1.10 bits per heavy atom. The van der Waals surface area contributed by atoms with E-state index in [0.29, 0.717) is 22.3 Å². The molecular weight excluding hydrogens is 263 g/mol. The van der Waals surface area contributed by atoms with Crippen LogP contribution >= 0.6 is 0 Å². The summed E-state index contributed by atoms with van der Waals surface area (Å²) in [5.74, 6) is 0.584. The molecule has 0 radical (unpaired) electrons. The SMILES string of the molecule is CC12CC3CC(C)(C1)CC(C(=O)c1cccc(F)c1)(C3)C2. The van der Waals surface area contributed by atoms with Gasteiger partial charge in [0.2, 0.25) is 0 Å². The molecule has 112 valence electrons. The molecule has 4 saturated carbocycles. The maximum Gasteiger partial charge on any atom is 0.169 e. The van der Waals surface area contributed by atoms with E-state index in [4.69, 9.17) is 0 Å². The first-order valence-electron chi connectivity index (χ1n) is 8.12. The van der Waals surface area contributed by atoms with Crippen molar-refractivity contribution in [2.75, 3.05) is 0 Å². The van der Waals surface area contributed by atoms with Gasteiger partial charge in [-0.25, -0.2) is 4.39 Å². The van der Waals surface area contributed by atoms with E-state index in [-0.39, 0.29) is 17.0 Å². The molecule has 4 aliphatic carbocycles. The molecule has 0 aromatic heterocycles. The summed E-state index contributed by atoms with van der Waals surface area (Å²) in [5, 5.41) is 0. The Morgan fingerprint density at radius 3 is 2.33 bits per heavy atom. The Balaban J connectivity index is 1.76. The van der Waals surface area contributed by atoms with Crippen LogP contribution in [-0.2, 0) is 0 Å². The molecular formula is C19H23FO. The van der Waals surface area contributed by atoms with Gasteiger partial charge in [-0.3, -0.25) is 4.79 Å². The van der Waals surface area contributed by atoms with Crippen molar-refractivity contribution in [2.24, 2.45) is 22.2 Å². The smallest absolute Gasteiger partial charge is 0.169 e. The summed E-state index contributed by atoms with van der Waals surface area (Å²) >= 11 is 0. The van der Waals surface area contributed by atoms with Gasteiger partial charge in [0.05, 0.1) is 0 Å². The van der Waals surface area contributed by atoms with Gasteiger partial charge in [-0.05, 0) is 67.4 Å². The highest BCUT2D eigenvalue weighted by atomic mass is 19.1. The minimum atomic E-state index is -0.303. The quantitative estimate of drug-likeness (QED) is 0.699. The van der Waals surface area contributed by atoms with Crippen LogP contribution < -0.4 is 0 Å². The lowest BCUT2D eigenvalue weighted by molar-refractivity contribution is -0.125. The van der Waals surface area contributed by atoms with Crippen LogP contribution in [0.3, 0.4) is 0 Å². The van der Waals surface area contributed by atoms with Crippen molar-refractivity contribution in [1.29, 1.82) is 0 Å². The zero-order chi connectivity index (χ0) is 14.9. The van der Waals surface area contributed by atoms with Gasteiger partial charge in [0.1, 0.15) is 5.82 Å². The van der Waals surface area contributed by atoms with Crippen LogP contribution in [0, 0.1) is 28.0 Å². The molecule has 4 aliphatic rings. The summed E-state index contributed by atoms with van der Waals surface area (Å²) in [7, 11) is 0. The maximum atomic E-state index is 13.5. The fraction of sp³-hybridized carbons (Fsp3) is 0.632. The van der Waals surface area contributed by atoms with E-state index in [1.54, 1.807) is 12.1 Å². The monoisotopic (exact) mass is 286 g/mol. The molecule has 0 heterocycles. The molecule has 4 bridgehead atoms. The molecule has 0 amide bonds. The minimum Gasteiger partial charge on any atom is -0.294 e. The second-order valence-electron chi connectivity index (χ2n) is 8.75. The number of carbonyl (C=O) groups is 1. The average Bonchev–Trinajstić information content (AvgIpc) is 2.33. The predicted octanol–water partition coefficient (Wildman–Crippen LogP) is 5.01. The van der Waals surface area contributed by atoms with E-state index in [1.807, 2.05) is 0 Å². The second kappa shape index (κ2) is 3.97. The second-order valence-corrected chi connectivity index (χ2v) is 8.75. The number of hydrogen-bond donors (Lipinski definition) is 0.